The van der Waals surface area contributed by atoms with E-state index in [9.17, 15) is 0 Å². The fourth-order valence-corrected chi connectivity index (χ4v) is 2.49. The summed E-state index contributed by atoms with van der Waals surface area (Å²) >= 11 is 0. The van der Waals surface area contributed by atoms with Crippen LogP contribution in [0, 0.1) is 0 Å². The Kier molecular flexibility index (Phi) is 6.31. The quantitative estimate of drug-likeness (QED) is 0.667. The van der Waals surface area contributed by atoms with Gasteiger partial charge in [0.1, 0.15) is 11.4 Å². The van der Waals surface area contributed by atoms with Crippen LogP contribution in [0.5, 0.6) is 0 Å². The standard InChI is InChI=1S/C15H28N2/c1-5-9-11-14-13(7-3)16-15(12-10-6-2)17(14)8-4/h5-12H2,1-4H3/p+1. The summed E-state index contributed by atoms with van der Waals surface area (Å²) in [5, 5.41) is 0. The molecule has 0 fully saturated rings. The van der Waals surface area contributed by atoms with Gasteiger partial charge in [-0.2, -0.15) is 0 Å². The van der Waals surface area contributed by atoms with E-state index < -0.39 is 0 Å². The molecule has 0 saturated carbocycles. The summed E-state index contributed by atoms with van der Waals surface area (Å²) in [5.41, 5.74) is 3.02. The van der Waals surface area contributed by atoms with Gasteiger partial charge in [0.05, 0.1) is 6.54 Å². The van der Waals surface area contributed by atoms with Gasteiger partial charge in [0.2, 0.25) is 0 Å². The minimum Gasteiger partial charge on any atom is -0.245 e. The number of unbranched alkanes of at least 4 members (excludes halogenated alkanes) is 2. The zero-order valence-electron chi connectivity index (χ0n) is 12.1. The van der Waals surface area contributed by atoms with Gasteiger partial charge in [-0.3, -0.25) is 0 Å². The molecule has 0 aromatic carbocycles. The van der Waals surface area contributed by atoms with Crippen molar-refractivity contribution in [2.24, 2.45) is 0 Å². The van der Waals surface area contributed by atoms with Crippen molar-refractivity contribution in [3.8, 4) is 0 Å². The molecule has 0 spiro atoms. The van der Waals surface area contributed by atoms with Gasteiger partial charge in [-0.1, -0.05) is 33.6 Å². The second kappa shape index (κ2) is 7.52. The van der Waals surface area contributed by atoms with Crippen molar-refractivity contribution in [2.75, 3.05) is 0 Å². The molecule has 2 nitrogen and oxygen atoms in total. The molecule has 1 rings (SSSR count). The Hall–Kier alpha value is -0.790. The fraction of sp³-hybridized carbons (Fsp3) is 0.800. The number of rotatable bonds is 8. The van der Waals surface area contributed by atoms with Crippen molar-refractivity contribution in [2.45, 2.75) is 79.2 Å². The number of aromatic nitrogens is 2. The van der Waals surface area contributed by atoms with Gasteiger partial charge >= 0.3 is 0 Å². The maximum absolute atomic E-state index is 3.66. The SMILES string of the molecule is CCCCc1[nH]c(CC)c(CCCC)[n+]1CC. The smallest absolute Gasteiger partial charge is 0.245 e. The number of aromatic amines is 1. The van der Waals surface area contributed by atoms with Gasteiger partial charge in [0.25, 0.3) is 5.82 Å². The number of aryl methyl sites for hydroxylation is 2. The Bertz CT molecular complexity index is 326. The molecule has 1 heterocycles. The molecule has 0 aliphatic carbocycles. The van der Waals surface area contributed by atoms with Crippen molar-refractivity contribution in [3.05, 3.63) is 17.2 Å². The molecule has 0 amide bonds. The van der Waals surface area contributed by atoms with E-state index in [1.54, 1.807) is 5.69 Å². The van der Waals surface area contributed by atoms with Gasteiger partial charge in [0.15, 0.2) is 0 Å². The second-order valence-corrected chi connectivity index (χ2v) is 4.80. The van der Waals surface area contributed by atoms with Crippen molar-refractivity contribution in [3.63, 3.8) is 0 Å². The number of H-pyrrole nitrogens is 1. The first kappa shape index (κ1) is 14.3. The molecule has 17 heavy (non-hydrogen) atoms. The highest BCUT2D eigenvalue weighted by Gasteiger charge is 2.21. The number of nitrogens with zero attached hydrogens (tertiary/aromatic N) is 1. The van der Waals surface area contributed by atoms with Crippen LogP contribution in [0.2, 0.25) is 0 Å². The first-order chi connectivity index (χ1) is 8.28. The Balaban J connectivity index is 2.93. The van der Waals surface area contributed by atoms with E-state index >= 15 is 0 Å². The maximum atomic E-state index is 3.66. The highest BCUT2D eigenvalue weighted by molar-refractivity contribution is 5.08. The topological polar surface area (TPSA) is 19.7 Å². The van der Waals surface area contributed by atoms with Gasteiger partial charge < -0.3 is 0 Å². The lowest BCUT2D eigenvalue weighted by molar-refractivity contribution is -0.706. The lowest BCUT2D eigenvalue weighted by Crippen LogP contribution is -2.39. The Morgan fingerprint density at radius 1 is 0.941 bits per heavy atom. The maximum Gasteiger partial charge on any atom is 0.254 e. The Morgan fingerprint density at radius 2 is 1.59 bits per heavy atom. The van der Waals surface area contributed by atoms with Gasteiger partial charge in [-0.25, -0.2) is 9.55 Å². The van der Waals surface area contributed by atoms with E-state index in [0.29, 0.717) is 0 Å². The molecule has 1 aromatic heterocycles. The number of nitrogens with one attached hydrogen (secondary N) is 1. The molecule has 0 bridgehead atoms. The van der Waals surface area contributed by atoms with Gasteiger partial charge in [-0.05, 0) is 19.8 Å². The largest absolute Gasteiger partial charge is 0.254 e. The van der Waals surface area contributed by atoms with E-state index in [1.807, 2.05) is 0 Å². The highest BCUT2D eigenvalue weighted by atomic mass is 15.1. The average molecular weight is 237 g/mol. The predicted molar refractivity (Wildman–Crippen MR) is 73.3 cm³/mol. The van der Waals surface area contributed by atoms with Crippen LogP contribution in [-0.2, 0) is 25.8 Å². The molecule has 0 aliphatic rings. The minimum absolute atomic E-state index is 1.11. The monoisotopic (exact) mass is 237 g/mol. The van der Waals surface area contributed by atoms with Crippen LogP contribution in [0.3, 0.4) is 0 Å². The molecule has 0 radical (unpaired) electrons. The molecule has 0 unspecified atom stereocenters. The Morgan fingerprint density at radius 3 is 2.12 bits per heavy atom. The van der Waals surface area contributed by atoms with Crippen LogP contribution in [0.15, 0.2) is 0 Å². The summed E-state index contributed by atoms with van der Waals surface area (Å²) in [6.07, 6.45) is 8.70. The molecular formula is C15H29N2+. The molecule has 98 valence electrons. The summed E-state index contributed by atoms with van der Waals surface area (Å²) in [6, 6.07) is 0. The number of imidazole rings is 1. The average Bonchev–Trinajstić information content (AvgIpc) is 2.70. The molecule has 1 N–H and O–H groups in total. The summed E-state index contributed by atoms with van der Waals surface area (Å²) in [5.74, 6) is 1.44. The third kappa shape index (κ3) is 3.58. The van der Waals surface area contributed by atoms with Crippen molar-refractivity contribution in [1.82, 2.24) is 4.98 Å². The molecular weight excluding hydrogens is 208 g/mol. The number of hydrogen-bond donors (Lipinski definition) is 1. The molecule has 0 aliphatic heterocycles. The van der Waals surface area contributed by atoms with E-state index in [-0.39, 0.29) is 0 Å². The van der Waals surface area contributed by atoms with Crippen LogP contribution in [-0.4, -0.2) is 4.98 Å². The molecule has 0 saturated heterocycles. The van der Waals surface area contributed by atoms with Gasteiger partial charge in [0, 0.05) is 19.3 Å². The third-order valence-corrected chi connectivity index (χ3v) is 3.50. The van der Waals surface area contributed by atoms with Crippen molar-refractivity contribution < 1.29 is 4.57 Å². The zero-order chi connectivity index (χ0) is 12.7. The molecule has 0 atom stereocenters. The first-order valence-electron chi connectivity index (χ1n) is 7.40. The Labute approximate surface area is 106 Å². The van der Waals surface area contributed by atoms with Gasteiger partial charge in [-0.15, -0.1) is 0 Å². The normalized spacial score (nSPS) is 11.1. The minimum atomic E-state index is 1.11. The molecule has 2 heteroatoms. The third-order valence-electron chi connectivity index (χ3n) is 3.50. The lowest BCUT2D eigenvalue weighted by atomic mass is 10.1. The summed E-state index contributed by atoms with van der Waals surface area (Å²) in [6.45, 7) is 10.2. The fourth-order valence-electron chi connectivity index (χ4n) is 2.49. The zero-order valence-corrected chi connectivity index (χ0v) is 12.1. The van der Waals surface area contributed by atoms with Crippen LogP contribution in [0.25, 0.3) is 0 Å². The van der Waals surface area contributed by atoms with E-state index in [0.717, 1.165) is 13.0 Å². The van der Waals surface area contributed by atoms with Crippen molar-refractivity contribution >= 4 is 0 Å². The van der Waals surface area contributed by atoms with Crippen molar-refractivity contribution in [1.29, 1.82) is 0 Å². The first-order valence-corrected chi connectivity index (χ1v) is 7.40. The lowest BCUT2D eigenvalue weighted by Gasteiger charge is -2.02. The van der Waals surface area contributed by atoms with Crippen LogP contribution in [0.4, 0.5) is 0 Å². The summed E-state index contributed by atoms with van der Waals surface area (Å²) < 4.78 is 2.52. The van der Waals surface area contributed by atoms with Crippen LogP contribution < -0.4 is 4.57 Å². The van der Waals surface area contributed by atoms with E-state index in [1.165, 1.54) is 50.0 Å². The number of hydrogen-bond acceptors (Lipinski definition) is 0. The van der Waals surface area contributed by atoms with E-state index in [2.05, 4.69) is 37.2 Å². The summed E-state index contributed by atoms with van der Waals surface area (Å²) in [7, 11) is 0. The summed E-state index contributed by atoms with van der Waals surface area (Å²) in [4.78, 5) is 3.66. The van der Waals surface area contributed by atoms with Crippen LogP contribution in [0.1, 0.15) is 70.6 Å². The molecule has 1 aromatic rings. The highest BCUT2D eigenvalue weighted by Crippen LogP contribution is 2.11. The van der Waals surface area contributed by atoms with E-state index in [4.69, 9.17) is 0 Å². The predicted octanol–water partition coefficient (Wildman–Crippen LogP) is 3.57. The second-order valence-electron chi connectivity index (χ2n) is 4.80. The van der Waals surface area contributed by atoms with Crippen LogP contribution >= 0.6 is 0 Å².